The molecule has 0 unspecified atom stereocenters. The number of benzene rings is 1. The van der Waals surface area contributed by atoms with Gasteiger partial charge in [0.25, 0.3) is 0 Å². The number of carbonyl (C=O) groups excluding carboxylic acids is 1. The lowest BCUT2D eigenvalue weighted by molar-refractivity contribution is -0.137. The summed E-state index contributed by atoms with van der Waals surface area (Å²) in [6, 6.07) is 5.75. The summed E-state index contributed by atoms with van der Waals surface area (Å²) in [6.07, 6.45) is 3.68. The zero-order chi connectivity index (χ0) is 15.9. The highest BCUT2D eigenvalue weighted by Gasteiger charge is 2.24. The highest BCUT2D eigenvalue weighted by Crippen LogP contribution is 2.23. The lowest BCUT2D eigenvalue weighted by Crippen LogP contribution is -2.39. The largest absolute Gasteiger partial charge is 0.387 e. The van der Waals surface area contributed by atoms with Crippen LogP contribution in [0.3, 0.4) is 0 Å². The molecule has 1 aliphatic carbocycles. The summed E-state index contributed by atoms with van der Waals surface area (Å²) in [5.41, 5.74) is 0.449. The van der Waals surface area contributed by atoms with Crippen LogP contribution < -0.4 is 5.32 Å². The third kappa shape index (κ3) is 4.78. The number of nitrogens with one attached hydrogen (secondary N) is 1. The first-order valence-corrected chi connectivity index (χ1v) is 7.97. The second kappa shape index (κ2) is 8.25. The normalized spacial score (nSPS) is 18.1. The molecular weight excluding hydrogens is 285 g/mol. The third-order valence-corrected chi connectivity index (χ3v) is 4.03. The summed E-state index contributed by atoms with van der Waals surface area (Å²) in [4.78, 5) is 12.1. The molecule has 0 heterocycles. The number of hydrogen-bond donors (Lipinski definition) is 2. The van der Waals surface area contributed by atoms with E-state index in [4.69, 9.17) is 4.74 Å². The Kier molecular flexibility index (Phi) is 6.34. The van der Waals surface area contributed by atoms with Crippen LogP contribution in [0.25, 0.3) is 0 Å². The van der Waals surface area contributed by atoms with Crippen LogP contribution in [-0.4, -0.2) is 29.8 Å². The van der Waals surface area contributed by atoms with Crippen LogP contribution in [-0.2, 0) is 9.53 Å². The van der Waals surface area contributed by atoms with Crippen LogP contribution in [0.4, 0.5) is 4.39 Å². The van der Waals surface area contributed by atoms with Crippen molar-refractivity contribution in [2.45, 2.75) is 57.3 Å². The molecule has 0 saturated heterocycles. The van der Waals surface area contributed by atoms with Gasteiger partial charge in [0.2, 0.25) is 5.91 Å². The minimum Gasteiger partial charge on any atom is -0.387 e. The molecule has 1 aromatic rings. The van der Waals surface area contributed by atoms with E-state index in [0.717, 1.165) is 25.7 Å². The van der Waals surface area contributed by atoms with E-state index in [1.54, 1.807) is 6.07 Å². The molecular formula is C17H24FNO3. The minimum atomic E-state index is -0.927. The topological polar surface area (TPSA) is 58.6 Å². The Bertz CT molecular complexity index is 489. The zero-order valence-electron chi connectivity index (χ0n) is 12.9. The fourth-order valence-corrected chi connectivity index (χ4v) is 2.74. The second-order valence-electron chi connectivity index (χ2n) is 5.76. The quantitative estimate of drug-likeness (QED) is 0.814. The molecule has 0 spiro atoms. The van der Waals surface area contributed by atoms with Crippen LogP contribution in [0.15, 0.2) is 24.3 Å². The lowest BCUT2D eigenvalue weighted by Gasteiger charge is -2.21. The summed E-state index contributed by atoms with van der Waals surface area (Å²) < 4.78 is 18.9. The lowest BCUT2D eigenvalue weighted by atomic mass is 10.1. The van der Waals surface area contributed by atoms with Gasteiger partial charge in [0.15, 0.2) is 0 Å². The number of aliphatic hydroxyl groups excluding tert-OH is 1. The number of halogens is 1. The molecule has 122 valence electrons. The molecule has 1 fully saturated rings. The molecule has 22 heavy (non-hydrogen) atoms. The Labute approximate surface area is 130 Å². The standard InChI is InChI=1S/C17H24FNO3/c1-2-16(22-14-8-3-4-9-14)17(21)19-11-15(20)12-6-5-7-13(18)10-12/h5-7,10,14-16,20H,2-4,8-9,11H2,1H3,(H,19,21)/t15-,16-/m1/s1. The molecule has 0 aromatic heterocycles. The number of carbonyl (C=O) groups is 1. The van der Waals surface area contributed by atoms with Gasteiger partial charge in [0, 0.05) is 6.54 Å². The Balaban J connectivity index is 1.82. The summed E-state index contributed by atoms with van der Waals surface area (Å²) in [6.45, 7) is 1.95. The molecule has 2 atom stereocenters. The van der Waals surface area contributed by atoms with Crippen LogP contribution >= 0.6 is 0 Å². The Morgan fingerprint density at radius 1 is 1.45 bits per heavy atom. The predicted octanol–water partition coefficient (Wildman–Crippen LogP) is 2.71. The van der Waals surface area contributed by atoms with Gasteiger partial charge in [0.05, 0.1) is 12.2 Å². The van der Waals surface area contributed by atoms with E-state index >= 15 is 0 Å². The number of rotatable bonds is 7. The minimum absolute atomic E-state index is 0.0484. The van der Waals surface area contributed by atoms with Crippen molar-refractivity contribution in [2.75, 3.05) is 6.54 Å². The first-order chi connectivity index (χ1) is 10.6. The van der Waals surface area contributed by atoms with Gasteiger partial charge in [-0.15, -0.1) is 0 Å². The summed E-state index contributed by atoms with van der Waals surface area (Å²) in [5.74, 6) is -0.622. The predicted molar refractivity (Wildman–Crippen MR) is 81.8 cm³/mol. The Morgan fingerprint density at radius 2 is 2.18 bits per heavy atom. The molecule has 2 rings (SSSR count). The van der Waals surface area contributed by atoms with E-state index in [1.165, 1.54) is 18.2 Å². The van der Waals surface area contributed by atoms with Crippen molar-refractivity contribution in [3.8, 4) is 0 Å². The molecule has 2 N–H and O–H groups in total. The smallest absolute Gasteiger partial charge is 0.249 e. The zero-order valence-corrected chi connectivity index (χ0v) is 12.9. The van der Waals surface area contributed by atoms with Crippen LogP contribution in [0.2, 0.25) is 0 Å². The third-order valence-electron chi connectivity index (χ3n) is 4.03. The number of hydrogen-bond acceptors (Lipinski definition) is 3. The molecule has 4 nitrogen and oxygen atoms in total. The van der Waals surface area contributed by atoms with E-state index in [1.807, 2.05) is 6.92 Å². The monoisotopic (exact) mass is 309 g/mol. The molecule has 5 heteroatoms. The molecule has 1 amide bonds. The maximum atomic E-state index is 13.1. The van der Waals surface area contributed by atoms with Crippen molar-refractivity contribution in [3.63, 3.8) is 0 Å². The average molecular weight is 309 g/mol. The van der Waals surface area contributed by atoms with Gasteiger partial charge in [-0.25, -0.2) is 4.39 Å². The fourth-order valence-electron chi connectivity index (χ4n) is 2.74. The Hall–Kier alpha value is -1.46. The molecule has 0 bridgehead atoms. The maximum absolute atomic E-state index is 13.1. The maximum Gasteiger partial charge on any atom is 0.249 e. The van der Waals surface area contributed by atoms with Crippen molar-refractivity contribution in [2.24, 2.45) is 0 Å². The van der Waals surface area contributed by atoms with Crippen molar-refractivity contribution in [1.29, 1.82) is 0 Å². The number of ether oxygens (including phenoxy) is 1. The van der Waals surface area contributed by atoms with Crippen molar-refractivity contribution < 1.29 is 19.0 Å². The average Bonchev–Trinajstić information content (AvgIpc) is 3.03. The van der Waals surface area contributed by atoms with E-state index in [-0.39, 0.29) is 18.6 Å². The molecule has 1 aromatic carbocycles. The van der Waals surface area contributed by atoms with E-state index in [2.05, 4.69) is 5.32 Å². The summed E-state index contributed by atoms with van der Waals surface area (Å²) in [7, 11) is 0. The number of amides is 1. The van der Waals surface area contributed by atoms with Crippen LogP contribution in [0.1, 0.15) is 50.7 Å². The fraction of sp³-hybridized carbons (Fsp3) is 0.588. The van der Waals surface area contributed by atoms with Gasteiger partial charge in [-0.1, -0.05) is 31.9 Å². The highest BCUT2D eigenvalue weighted by atomic mass is 19.1. The first kappa shape index (κ1) is 16.9. The van der Waals surface area contributed by atoms with Gasteiger partial charge in [-0.3, -0.25) is 4.79 Å². The van der Waals surface area contributed by atoms with Gasteiger partial charge in [-0.05, 0) is 37.0 Å². The molecule has 0 aliphatic heterocycles. The van der Waals surface area contributed by atoms with Gasteiger partial charge < -0.3 is 15.2 Å². The van der Waals surface area contributed by atoms with E-state index in [9.17, 15) is 14.3 Å². The highest BCUT2D eigenvalue weighted by molar-refractivity contribution is 5.80. The summed E-state index contributed by atoms with van der Waals surface area (Å²) in [5, 5.41) is 12.7. The SMILES string of the molecule is CC[C@@H](OC1CCCC1)C(=O)NC[C@@H](O)c1cccc(F)c1. The molecule has 0 radical (unpaired) electrons. The van der Waals surface area contributed by atoms with Gasteiger partial charge in [-0.2, -0.15) is 0 Å². The van der Waals surface area contributed by atoms with Crippen molar-refractivity contribution >= 4 is 5.91 Å². The molecule has 1 aliphatic rings. The first-order valence-electron chi connectivity index (χ1n) is 7.97. The van der Waals surface area contributed by atoms with Crippen molar-refractivity contribution in [1.82, 2.24) is 5.32 Å². The van der Waals surface area contributed by atoms with E-state index in [0.29, 0.717) is 12.0 Å². The van der Waals surface area contributed by atoms with Crippen LogP contribution in [0, 0.1) is 5.82 Å². The second-order valence-corrected chi connectivity index (χ2v) is 5.76. The molecule has 1 saturated carbocycles. The summed E-state index contributed by atoms with van der Waals surface area (Å²) >= 11 is 0. The Morgan fingerprint density at radius 3 is 2.82 bits per heavy atom. The van der Waals surface area contributed by atoms with E-state index < -0.39 is 18.0 Å². The van der Waals surface area contributed by atoms with Gasteiger partial charge in [0.1, 0.15) is 11.9 Å². The van der Waals surface area contributed by atoms with Gasteiger partial charge >= 0.3 is 0 Å². The number of aliphatic hydroxyl groups is 1. The van der Waals surface area contributed by atoms with Crippen LogP contribution in [0.5, 0.6) is 0 Å². The van der Waals surface area contributed by atoms with Crippen molar-refractivity contribution in [3.05, 3.63) is 35.6 Å².